The highest BCUT2D eigenvalue weighted by molar-refractivity contribution is 4.97. The van der Waals surface area contributed by atoms with Gasteiger partial charge in [0.2, 0.25) is 0 Å². The number of hydrogen-bond donors (Lipinski definition) is 0. The molecule has 0 unspecified atom stereocenters. The fraction of sp³-hybridized carbons (Fsp3) is 0.500. The highest BCUT2D eigenvalue weighted by Gasteiger charge is 2.09. The molecule has 5 heteroatoms. The maximum absolute atomic E-state index is 11.9. The minimum Gasteiger partial charge on any atom is -0.334 e. The zero-order valence-corrected chi connectivity index (χ0v) is 5.67. The smallest absolute Gasteiger partial charge is 0.281 e. The first-order chi connectivity index (χ1) is 5.24. The summed E-state index contributed by atoms with van der Waals surface area (Å²) in [5, 5.41) is 0. The zero-order chi connectivity index (χ0) is 8.27. The predicted octanol–water partition coefficient (Wildman–Crippen LogP) is 1.79. The van der Waals surface area contributed by atoms with Crippen molar-refractivity contribution in [2.24, 2.45) is 0 Å². The lowest BCUT2D eigenvalue weighted by atomic mass is 10.5. The average molecular weight is 164 g/mol. The third-order valence-electron chi connectivity index (χ3n) is 1.22. The number of aryl methyl sites for hydroxylation is 1. The van der Waals surface area contributed by atoms with Gasteiger partial charge in [0.1, 0.15) is 12.4 Å². The van der Waals surface area contributed by atoms with Crippen molar-refractivity contribution in [3.8, 4) is 0 Å². The molecule has 0 amide bonds. The summed E-state index contributed by atoms with van der Waals surface area (Å²) in [5.41, 5.74) is -0.307. The lowest BCUT2D eigenvalue weighted by Gasteiger charge is -1.93. The molecule has 0 saturated carbocycles. The van der Waals surface area contributed by atoms with Crippen LogP contribution in [0.1, 0.15) is 12.1 Å². The van der Waals surface area contributed by atoms with E-state index in [1.165, 1.54) is 10.9 Å². The van der Waals surface area contributed by atoms with Crippen molar-refractivity contribution in [2.45, 2.75) is 13.0 Å². The van der Waals surface area contributed by atoms with E-state index in [-0.39, 0.29) is 12.2 Å². The second-order valence-electron chi connectivity index (χ2n) is 2.03. The molecule has 0 spiro atoms. The lowest BCUT2D eigenvalue weighted by Crippen LogP contribution is -1.95. The molecule has 0 bridgehead atoms. The summed E-state index contributed by atoms with van der Waals surface area (Å²) in [5.74, 6) is 0. The molecule has 0 aliphatic heterocycles. The molecule has 0 aliphatic rings. The van der Waals surface area contributed by atoms with Crippen molar-refractivity contribution < 1.29 is 13.2 Å². The third-order valence-corrected chi connectivity index (χ3v) is 1.22. The van der Waals surface area contributed by atoms with E-state index in [9.17, 15) is 13.2 Å². The van der Waals surface area contributed by atoms with Crippen molar-refractivity contribution in [1.82, 2.24) is 9.55 Å². The van der Waals surface area contributed by atoms with Crippen molar-refractivity contribution in [3.05, 3.63) is 18.2 Å². The van der Waals surface area contributed by atoms with Crippen LogP contribution in [0.25, 0.3) is 0 Å². The molecule has 11 heavy (non-hydrogen) atoms. The van der Waals surface area contributed by atoms with E-state index in [2.05, 4.69) is 4.98 Å². The SMILES string of the molecule is FCCn1cnc(C(F)F)c1. The molecule has 1 rings (SSSR count). The van der Waals surface area contributed by atoms with E-state index in [1.807, 2.05) is 0 Å². The van der Waals surface area contributed by atoms with Crippen molar-refractivity contribution in [3.63, 3.8) is 0 Å². The van der Waals surface area contributed by atoms with E-state index in [0.29, 0.717) is 0 Å². The zero-order valence-electron chi connectivity index (χ0n) is 5.67. The second kappa shape index (κ2) is 3.41. The monoisotopic (exact) mass is 164 g/mol. The third kappa shape index (κ3) is 1.96. The Labute approximate surface area is 61.7 Å². The molecule has 0 N–H and O–H groups in total. The molecule has 0 saturated heterocycles. The Morgan fingerprint density at radius 2 is 2.27 bits per heavy atom. The number of halogens is 3. The van der Waals surface area contributed by atoms with Gasteiger partial charge in [0.15, 0.2) is 0 Å². The van der Waals surface area contributed by atoms with Gasteiger partial charge >= 0.3 is 0 Å². The molecular weight excluding hydrogens is 157 g/mol. The van der Waals surface area contributed by atoms with E-state index < -0.39 is 13.1 Å². The highest BCUT2D eigenvalue weighted by Crippen LogP contribution is 2.15. The van der Waals surface area contributed by atoms with Crippen LogP contribution in [-0.4, -0.2) is 16.2 Å². The Hall–Kier alpha value is -1.00. The Balaban J connectivity index is 2.66. The van der Waals surface area contributed by atoms with Crippen LogP contribution in [0.5, 0.6) is 0 Å². The number of nitrogens with zero attached hydrogens (tertiary/aromatic N) is 2. The van der Waals surface area contributed by atoms with Gasteiger partial charge in [-0.05, 0) is 0 Å². The molecule has 2 nitrogen and oxygen atoms in total. The number of aromatic nitrogens is 2. The molecule has 0 aromatic carbocycles. The maximum atomic E-state index is 11.9. The van der Waals surface area contributed by atoms with Crippen LogP contribution in [-0.2, 0) is 6.54 Å². The first kappa shape index (κ1) is 8.10. The molecule has 0 aliphatic carbocycles. The standard InChI is InChI=1S/C6H7F3N2/c7-1-2-11-3-5(6(8)9)10-4-11/h3-4,6H,1-2H2. The fourth-order valence-electron chi connectivity index (χ4n) is 0.710. The second-order valence-corrected chi connectivity index (χ2v) is 2.03. The average Bonchev–Trinajstić information content (AvgIpc) is 2.37. The van der Waals surface area contributed by atoms with Crippen molar-refractivity contribution in [2.75, 3.05) is 6.67 Å². The number of rotatable bonds is 3. The summed E-state index contributed by atoms with van der Waals surface area (Å²) in [4.78, 5) is 3.38. The number of imidazole rings is 1. The molecule has 0 atom stereocenters. The summed E-state index contributed by atoms with van der Waals surface area (Å²) in [6.45, 7) is -0.487. The number of hydrogen-bond acceptors (Lipinski definition) is 1. The summed E-state index contributed by atoms with van der Waals surface area (Å²) in [6.07, 6.45) is -0.235. The summed E-state index contributed by atoms with van der Waals surface area (Å²) in [7, 11) is 0. The highest BCUT2D eigenvalue weighted by atomic mass is 19.3. The predicted molar refractivity (Wildman–Crippen MR) is 33.2 cm³/mol. The molecule has 62 valence electrons. The van der Waals surface area contributed by atoms with Gasteiger partial charge in [0.05, 0.1) is 12.9 Å². The van der Waals surface area contributed by atoms with E-state index >= 15 is 0 Å². The van der Waals surface area contributed by atoms with Gasteiger partial charge in [0.25, 0.3) is 6.43 Å². The Morgan fingerprint density at radius 3 is 2.73 bits per heavy atom. The Morgan fingerprint density at radius 1 is 1.55 bits per heavy atom. The molecule has 0 radical (unpaired) electrons. The van der Waals surface area contributed by atoms with E-state index in [1.54, 1.807) is 0 Å². The van der Waals surface area contributed by atoms with Crippen LogP contribution < -0.4 is 0 Å². The van der Waals surface area contributed by atoms with Gasteiger partial charge in [-0.1, -0.05) is 0 Å². The van der Waals surface area contributed by atoms with Crippen molar-refractivity contribution in [1.29, 1.82) is 0 Å². The maximum Gasteiger partial charge on any atom is 0.281 e. The Kier molecular flexibility index (Phi) is 2.51. The van der Waals surface area contributed by atoms with Crippen LogP contribution in [0.15, 0.2) is 12.5 Å². The minimum absolute atomic E-state index is 0.0831. The van der Waals surface area contributed by atoms with Crippen LogP contribution in [0.3, 0.4) is 0 Å². The summed E-state index contributed by atoms with van der Waals surface area (Å²) in [6, 6.07) is 0. The first-order valence-corrected chi connectivity index (χ1v) is 3.10. The summed E-state index contributed by atoms with van der Waals surface area (Å²) < 4.78 is 36.6. The van der Waals surface area contributed by atoms with Gasteiger partial charge in [0, 0.05) is 6.20 Å². The topological polar surface area (TPSA) is 17.8 Å². The first-order valence-electron chi connectivity index (χ1n) is 3.10. The van der Waals surface area contributed by atoms with Crippen molar-refractivity contribution >= 4 is 0 Å². The number of alkyl halides is 3. The van der Waals surface area contributed by atoms with Gasteiger partial charge in [-0.3, -0.25) is 0 Å². The molecular formula is C6H7F3N2. The quantitative estimate of drug-likeness (QED) is 0.665. The molecule has 1 aromatic rings. The Bertz CT molecular complexity index is 221. The van der Waals surface area contributed by atoms with E-state index in [0.717, 1.165) is 6.20 Å². The van der Waals surface area contributed by atoms with Gasteiger partial charge in [-0.15, -0.1) is 0 Å². The fourth-order valence-corrected chi connectivity index (χ4v) is 0.710. The van der Waals surface area contributed by atoms with Crippen LogP contribution >= 0.6 is 0 Å². The largest absolute Gasteiger partial charge is 0.334 e. The van der Waals surface area contributed by atoms with Crippen LogP contribution in [0.2, 0.25) is 0 Å². The normalized spacial score (nSPS) is 10.9. The lowest BCUT2D eigenvalue weighted by molar-refractivity contribution is 0.146. The van der Waals surface area contributed by atoms with Gasteiger partial charge in [-0.2, -0.15) is 0 Å². The molecule has 0 fully saturated rings. The molecule has 1 heterocycles. The summed E-state index contributed by atoms with van der Waals surface area (Å²) >= 11 is 0. The molecule has 1 aromatic heterocycles. The van der Waals surface area contributed by atoms with E-state index in [4.69, 9.17) is 0 Å². The van der Waals surface area contributed by atoms with Crippen LogP contribution in [0, 0.1) is 0 Å². The van der Waals surface area contributed by atoms with Gasteiger partial charge in [-0.25, -0.2) is 18.2 Å². The van der Waals surface area contributed by atoms with Gasteiger partial charge < -0.3 is 4.57 Å². The minimum atomic E-state index is -2.57. The van der Waals surface area contributed by atoms with Crippen LogP contribution in [0.4, 0.5) is 13.2 Å².